The van der Waals surface area contributed by atoms with Gasteiger partial charge in [-0.25, -0.2) is 4.79 Å². The summed E-state index contributed by atoms with van der Waals surface area (Å²) in [6.45, 7) is 13.4. The number of hydrogen-bond acceptors (Lipinski definition) is 4. The molecule has 0 radical (unpaired) electrons. The number of piperazine rings is 1. The molecule has 5 heteroatoms. The van der Waals surface area contributed by atoms with Crippen molar-refractivity contribution in [2.24, 2.45) is 0 Å². The molecule has 1 aliphatic rings. The van der Waals surface area contributed by atoms with Crippen molar-refractivity contribution >= 4 is 12.2 Å². The van der Waals surface area contributed by atoms with Crippen LogP contribution in [0.3, 0.4) is 0 Å². The Morgan fingerprint density at radius 2 is 2.27 bits per heavy atom. The molecule has 2 rings (SSSR count). The Hall–Kier alpha value is -1.88. The molecule has 1 N–H and O–H groups in total. The van der Waals surface area contributed by atoms with E-state index < -0.39 is 5.60 Å². The molecule has 0 aliphatic carbocycles. The van der Waals surface area contributed by atoms with Gasteiger partial charge in [-0.15, -0.1) is 0 Å². The third kappa shape index (κ3) is 4.07. The first-order valence-corrected chi connectivity index (χ1v) is 7.60. The minimum atomic E-state index is -0.475. The van der Waals surface area contributed by atoms with E-state index in [0.717, 1.165) is 23.4 Å². The number of nitrogens with one attached hydrogen (secondary N) is 1. The summed E-state index contributed by atoms with van der Waals surface area (Å²) in [5.41, 5.74) is 2.60. The number of hydrogen-bond donors (Lipinski definition) is 1. The van der Waals surface area contributed by atoms with Gasteiger partial charge in [0.05, 0.1) is 11.7 Å². The molecule has 0 saturated carbocycles. The molecule has 1 fully saturated rings. The maximum absolute atomic E-state index is 12.2. The van der Waals surface area contributed by atoms with E-state index in [1.54, 1.807) is 11.0 Å². The van der Waals surface area contributed by atoms with E-state index in [1.807, 2.05) is 33.9 Å². The fraction of sp³-hybridized carbons (Fsp3) is 0.529. The van der Waals surface area contributed by atoms with Crippen molar-refractivity contribution in [3.63, 3.8) is 0 Å². The van der Waals surface area contributed by atoms with Crippen molar-refractivity contribution in [3.8, 4) is 0 Å². The van der Waals surface area contributed by atoms with Gasteiger partial charge in [-0.2, -0.15) is 0 Å². The lowest BCUT2D eigenvalue weighted by molar-refractivity contribution is 0.0193. The summed E-state index contributed by atoms with van der Waals surface area (Å²) >= 11 is 0. The van der Waals surface area contributed by atoms with E-state index >= 15 is 0 Å². The highest BCUT2D eigenvalue weighted by Crippen LogP contribution is 2.21. The lowest BCUT2D eigenvalue weighted by Crippen LogP contribution is -2.50. The van der Waals surface area contributed by atoms with Gasteiger partial charge in [0, 0.05) is 25.8 Å². The smallest absolute Gasteiger partial charge is 0.410 e. The van der Waals surface area contributed by atoms with Crippen molar-refractivity contribution < 1.29 is 9.53 Å². The summed E-state index contributed by atoms with van der Waals surface area (Å²) in [7, 11) is 0. The van der Waals surface area contributed by atoms with Gasteiger partial charge in [-0.05, 0) is 44.9 Å². The van der Waals surface area contributed by atoms with Crippen molar-refractivity contribution in [1.29, 1.82) is 0 Å². The van der Waals surface area contributed by atoms with Crippen LogP contribution in [0.4, 0.5) is 4.79 Å². The van der Waals surface area contributed by atoms with Crippen LogP contribution < -0.4 is 5.32 Å². The minimum Gasteiger partial charge on any atom is -0.444 e. The topological polar surface area (TPSA) is 54.5 Å². The molecule has 0 spiro atoms. The number of carbonyl (C=O) groups excluding carboxylic acids is 1. The summed E-state index contributed by atoms with van der Waals surface area (Å²) in [6, 6.07) is 2.09. The molecule has 1 aromatic rings. The summed E-state index contributed by atoms with van der Waals surface area (Å²) in [4.78, 5) is 18.5. The highest BCUT2D eigenvalue weighted by Gasteiger charge is 2.29. The van der Waals surface area contributed by atoms with Gasteiger partial charge in [-0.3, -0.25) is 4.98 Å². The van der Waals surface area contributed by atoms with Gasteiger partial charge in [0.1, 0.15) is 5.60 Å². The molecule has 1 atom stereocenters. The number of nitrogens with zero attached hydrogens (tertiary/aromatic N) is 2. The first-order chi connectivity index (χ1) is 10.3. The van der Waals surface area contributed by atoms with Crippen molar-refractivity contribution in [2.75, 3.05) is 19.6 Å². The number of carbonyl (C=O) groups is 1. The summed E-state index contributed by atoms with van der Waals surface area (Å²) < 4.78 is 5.45. The Kier molecular flexibility index (Phi) is 4.86. The maximum atomic E-state index is 12.2. The molecular formula is C17H25N3O2. The number of aromatic nitrogens is 1. The van der Waals surface area contributed by atoms with Crippen LogP contribution in [0, 0.1) is 6.92 Å². The quantitative estimate of drug-likeness (QED) is 0.912. The fourth-order valence-electron chi connectivity index (χ4n) is 2.51. The zero-order valence-corrected chi connectivity index (χ0v) is 13.8. The number of aryl methyl sites for hydroxylation is 1. The lowest BCUT2D eigenvalue weighted by Gasteiger charge is -2.35. The van der Waals surface area contributed by atoms with Crippen LogP contribution in [-0.4, -0.2) is 41.2 Å². The highest BCUT2D eigenvalue weighted by molar-refractivity contribution is 5.68. The fourth-order valence-corrected chi connectivity index (χ4v) is 2.51. The summed E-state index contributed by atoms with van der Waals surface area (Å²) in [5.74, 6) is 0. The molecule has 1 aromatic heterocycles. The van der Waals surface area contributed by atoms with Crippen molar-refractivity contribution in [1.82, 2.24) is 15.2 Å². The molecule has 1 aliphatic heterocycles. The largest absolute Gasteiger partial charge is 0.444 e. The monoisotopic (exact) mass is 303 g/mol. The third-order valence-corrected chi connectivity index (χ3v) is 3.53. The number of amides is 1. The molecule has 0 bridgehead atoms. The average Bonchev–Trinajstić information content (AvgIpc) is 2.45. The SMILES string of the molecule is C=Cc1cnc(C2CN(C(=O)OC(C)(C)C)CCN2)c(C)c1. The molecule has 1 unspecified atom stereocenters. The van der Waals surface area contributed by atoms with Crippen LogP contribution >= 0.6 is 0 Å². The first-order valence-electron chi connectivity index (χ1n) is 7.60. The molecular weight excluding hydrogens is 278 g/mol. The predicted molar refractivity (Wildman–Crippen MR) is 87.6 cm³/mol. The van der Waals surface area contributed by atoms with Crippen LogP contribution in [-0.2, 0) is 4.74 Å². The lowest BCUT2D eigenvalue weighted by atomic mass is 10.0. The second-order valence-corrected chi connectivity index (χ2v) is 6.61. The molecule has 2 heterocycles. The van der Waals surface area contributed by atoms with E-state index in [4.69, 9.17) is 4.74 Å². The Balaban J connectivity index is 2.10. The minimum absolute atomic E-state index is 0.0279. The van der Waals surface area contributed by atoms with E-state index in [-0.39, 0.29) is 12.1 Å². The second-order valence-electron chi connectivity index (χ2n) is 6.61. The van der Waals surface area contributed by atoms with Crippen LogP contribution in [0.15, 0.2) is 18.8 Å². The van der Waals surface area contributed by atoms with Gasteiger partial charge in [-0.1, -0.05) is 12.7 Å². The molecule has 120 valence electrons. The van der Waals surface area contributed by atoms with E-state index in [1.165, 1.54) is 0 Å². The third-order valence-electron chi connectivity index (χ3n) is 3.53. The summed E-state index contributed by atoms with van der Waals surface area (Å²) in [5, 5.41) is 3.42. The Bertz CT molecular complexity index is 564. The number of pyridine rings is 1. The van der Waals surface area contributed by atoms with Crippen LogP contribution in [0.1, 0.15) is 43.6 Å². The second kappa shape index (κ2) is 6.48. The van der Waals surface area contributed by atoms with Crippen molar-refractivity contribution in [3.05, 3.63) is 35.7 Å². The van der Waals surface area contributed by atoms with Crippen molar-refractivity contribution in [2.45, 2.75) is 39.3 Å². The number of rotatable bonds is 2. The van der Waals surface area contributed by atoms with Gasteiger partial charge >= 0.3 is 6.09 Å². The zero-order valence-electron chi connectivity index (χ0n) is 13.8. The molecule has 5 nitrogen and oxygen atoms in total. The Morgan fingerprint density at radius 1 is 1.55 bits per heavy atom. The van der Waals surface area contributed by atoms with E-state index in [0.29, 0.717) is 13.1 Å². The Labute approximate surface area is 132 Å². The van der Waals surface area contributed by atoms with E-state index in [2.05, 4.69) is 22.9 Å². The predicted octanol–water partition coefficient (Wildman–Crippen LogP) is 2.91. The van der Waals surface area contributed by atoms with Gasteiger partial charge in [0.25, 0.3) is 0 Å². The average molecular weight is 303 g/mol. The van der Waals surface area contributed by atoms with Crippen LogP contribution in [0.25, 0.3) is 6.08 Å². The normalized spacial score (nSPS) is 18.9. The standard InChI is InChI=1S/C17H25N3O2/c1-6-13-9-12(2)15(19-10-13)14-11-20(8-7-18-14)16(21)22-17(3,4)5/h6,9-10,14,18H,1,7-8,11H2,2-5H3. The van der Waals surface area contributed by atoms with Gasteiger partial charge in [0.15, 0.2) is 0 Å². The highest BCUT2D eigenvalue weighted by atomic mass is 16.6. The molecule has 22 heavy (non-hydrogen) atoms. The van der Waals surface area contributed by atoms with Gasteiger partial charge < -0.3 is 15.0 Å². The molecule has 0 aromatic carbocycles. The molecule has 1 saturated heterocycles. The zero-order chi connectivity index (χ0) is 16.3. The molecule has 1 amide bonds. The number of ether oxygens (including phenoxy) is 1. The summed E-state index contributed by atoms with van der Waals surface area (Å²) in [6.07, 6.45) is 3.33. The van der Waals surface area contributed by atoms with E-state index in [9.17, 15) is 4.79 Å². The Morgan fingerprint density at radius 3 is 2.86 bits per heavy atom. The van der Waals surface area contributed by atoms with Crippen LogP contribution in [0.5, 0.6) is 0 Å². The van der Waals surface area contributed by atoms with Crippen LogP contribution in [0.2, 0.25) is 0 Å². The van der Waals surface area contributed by atoms with Gasteiger partial charge in [0.2, 0.25) is 0 Å². The first kappa shape index (κ1) is 16.5. The maximum Gasteiger partial charge on any atom is 0.410 e.